The molecule has 1 aromatic carbocycles. The molecule has 1 amide bonds. The molecule has 0 atom stereocenters. The Bertz CT molecular complexity index is 1010. The maximum atomic E-state index is 12.6. The second-order valence-electron chi connectivity index (χ2n) is 5.96. The fourth-order valence-electron chi connectivity index (χ4n) is 2.49. The van der Waals surface area contributed by atoms with Gasteiger partial charge in [0, 0.05) is 13.7 Å². The number of ether oxygens (including phenoxy) is 1. The van der Waals surface area contributed by atoms with Crippen molar-refractivity contribution in [2.24, 2.45) is 0 Å². The topological polar surface area (TPSA) is 104 Å². The summed E-state index contributed by atoms with van der Waals surface area (Å²) in [6.45, 7) is 4.67. The summed E-state index contributed by atoms with van der Waals surface area (Å²) < 4.78 is 7.60. The Morgan fingerprint density at radius 3 is 2.81 bits per heavy atom. The summed E-state index contributed by atoms with van der Waals surface area (Å²) in [4.78, 5) is 28.7. The Kier molecular flexibility index (Phi) is 5.08. The van der Waals surface area contributed by atoms with E-state index in [1.54, 1.807) is 7.11 Å². The van der Waals surface area contributed by atoms with Crippen molar-refractivity contribution in [2.45, 2.75) is 20.4 Å². The van der Waals surface area contributed by atoms with Gasteiger partial charge in [-0.15, -0.1) is 5.10 Å². The molecular formula is C17H20N6O3. The first-order valence-corrected chi connectivity index (χ1v) is 8.15. The van der Waals surface area contributed by atoms with Crippen molar-refractivity contribution in [2.75, 3.05) is 20.3 Å². The van der Waals surface area contributed by atoms with Gasteiger partial charge in [0.1, 0.15) is 12.9 Å². The number of carbonyl (C=O) groups excluding carboxylic acids is 1. The number of fused-ring (bicyclic) bond motifs is 1. The third kappa shape index (κ3) is 3.47. The number of amides is 1. The maximum Gasteiger partial charge on any atom is 0.284 e. The van der Waals surface area contributed by atoms with Crippen molar-refractivity contribution < 1.29 is 9.53 Å². The summed E-state index contributed by atoms with van der Waals surface area (Å²) in [5, 5.41) is 10.7. The van der Waals surface area contributed by atoms with Gasteiger partial charge in [-0.25, -0.2) is 4.98 Å². The molecule has 0 radical (unpaired) electrons. The van der Waals surface area contributed by atoms with Crippen LogP contribution in [0, 0.1) is 13.8 Å². The van der Waals surface area contributed by atoms with E-state index in [0.717, 1.165) is 16.8 Å². The molecular weight excluding hydrogens is 336 g/mol. The summed E-state index contributed by atoms with van der Waals surface area (Å²) >= 11 is 0. The molecule has 0 aliphatic heterocycles. The molecule has 2 aromatic heterocycles. The fourth-order valence-corrected chi connectivity index (χ4v) is 2.49. The zero-order chi connectivity index (χ0) is 18.7. The number of nitrogens with one attached hydrogen (secondary N) is 1. The lowest BCUT2D eigenvalue weighted by Crippen LogP contribution is -2.34. The van der Waals surface area contributed by atoms with Crippen LogP contribution in [-0.4, -0.2) is 50.7 Å². The summed E-state index contributed by atoms with van der Waals surface area (Å²) in [6, 6.07) is 5.83. The zero-order valence-corrected chi connectivity index (χ0v) is 14.9. The van der Waals surface area contributed by atoms with E-state index in [1.807, 2.05) is 32.0 Å². The summed E-state index contributed by atoms with van der Waals surface area (Å²) in [5.74, 6) is -0.299. The smallest absolute Gasteiger partial charge is 0.284 e. The van der Waals surface area contributed by atoms with Gasteiger partial charge in [-0.2, -0.15) is 4.68 Å². The molecule has 136 valence electrons. The SMILES string of the molecule is COCCNC(=O)Cn1cnc2c(nnn2-c2ccc(C)c(C)c2)c1=O. The van der Waals surface area contributed by atoms with Crippen molar-refractivity contribution >= 4 is 17.1 Å². The van der Waals surface area contributed by atoms with E-state index < -0.39 is 5.56 Å². The van der Waals surface area contributed by atoms with E-state index in [2.05, 4.69) is 20.6 Å². The molecule has 0 saturated heterocycles. The first-order valence-electron chi connectivity index (χ1n) is 8.15. The lowest BCUT2D eigenvalue weighted by Gasteiger charge is -2.07. The van der Waals surface area contributed by atoms with E-state index >= 15 is 0 Å². The molecule has 9 heteroatoms. The van der Waals surface area contributed by atoms with Crippen LogP contribution in [0.4, 0.5) is 0 Å². The first-order chi connectivity index (χ1) is 12.5. The summed E-state index contributed by atoms with van der Waals surface area (Å²) in [6.07, 6.45) is 1.33. The third-order valence-electron chi connectivity index (χ3n) is 4.11. The predicted molar refractivity (Wildman–Crippen MR) is 95.3 cm³/mol. The second kappa shape index (κ2) is 7.44. The van der Waals surface area contributed by atoms with Gasteiger partial charge in [-0.3, -0.25) is 14.2 Å². The number of nitrogens with zero attached hydrogens (tertiary/aromatic N) is 5. The Morgan fingerprint density at radius 1 is 1.27 bits per heavy atom. The monoisotopic (exact) mass is 356 g/mol. The highest BCUT2D eigenvalue weighted by Gasteiger charge is 2.15. The Labute approximate surface area is 149 Å². The largest absolute Gasteiger partial charge is 0.383 e. The van der Waals surface area contributed by atoms with Gasteiger partial charge in [0.25, 0.3) is 5.56 Å². The van der Waals surface area contributed by atoms with Crippen LogP contribution >= 0.6 is 0 Å². The number of hydrogen-bond donors (Lipinski definition) is 1. The highest BCUT2D eigenvalue weighted by atomic mass is 16.5. The van der Waals surface area contributed by atoms with E-state index in [1.165, 1.54) is 15.6 Å². The Hall–Kier alpha value is -3.07. The molecule has 1 N–H and O–H groups in total. The van der Waals surface area contributed by atoms with Crippen molar-refractivity contribution in [3.63, 3.8) is 0 Å². The van der Waals surface area contributed by atoms with E-state index in [4.69, 9.17) is 4.74 Å². The number of aromatic nitrogens is 5. The van der Waals surface area contributed by atoms with E-state index in [9.17, 15) is 9.59 Å². The van der Waals surface area contributed by atoms with Gasteiger partial charge in [0.2, 0.25) is 5.91 Å². The van der Waals surface area contributed by atoms with E-state index in [0.29, 0.717) is 18.8 Å². The molecule has 0 fully saturated rings. The molecule has 0 unspecified atom stereocenters. The fraction of sp³-hybridized carbons (Fsp3) is 0.353. The van der Waals surface area contributed by atoms with Gasteiger partial charge >= 0.3 is 0 Å². The molecule has 0 bridgehead atoms. The lowest BCUT2D eigenvalue weighted by molar-refractivity contribution is -0.121. The number of benzene rings is 1. The number of methoxy groups -OCH3 is 1. The highest BCUT2D eigenvalue weighted by molar-refractivity contribution is 5.76. The first kappa shape index (κ1) is 17.7. The molecule has 26 heavy (non-hydrogen) atoms. The normalized spacial score (nSPS) is 11.0. The van der Waals surface area contributed by atoms with Gasteiger partial charge in [-0.1, -0.05) is 11.3 Å². The van der Waals surface area contributed by atoms with Crippen LogP contribution in [0.15, 0.2) is 29.3 Å². The van der Waals surface area contributed by atoms with Crippen LogP contribution < -0.4 is 10.9 Å². The Morgan fingerprint density at radius 2 is 2.08 bits per heavy atom. The quantitative estimate of drug-likeness (QED) is 0.640. The minimum atomic E-state index is -0.410. The standard InChI is InChI=1S/C17H20N6O3/c1-11-4-5-13(8-12(11)2)23-16-15(20-21-23)17(25)22(10-19-16)9-14(24)18-6-7-26-3/h4-5,8,10H,6-7,9H2,1-3H3,(H,18,24). The van der Waals surface area contributed by atoms with E-state index in [-0.39, 0.29) is 18.0 Å². The number of carbonyl (C=O) groups is 1. The molecule has 0 aliphatic rings. The second-order valence-corrected chi connectivity index (χ2v) is 5.96. The van der Waals surface area contributed by atoms with Crippen molar-refractivity contribution in [3.05, 3.63) is 46.0 Å². The molecule has 9 nitrogen and oxygen atoms in total. The summed E-state index contributed by atoms with van der Waals surface area (Å²) in [5.41, 5.74) is 3.11. The Balaban J connectivity index is 1.90. The van der Waals surface area contributed by atoms with Gasteiger partial charge < -0.3 is 10.1 Å². The zero-order valence-electron chi connectivity index (χ0n) is 14.9. The third-order valence-corrected chi connectivity index (χ3v) is 4.11. The number of aryl methyl sites for hydroxylation is 2. The van der Waals surface area contributed by atoms with Crippen LogP contribution in [0.1, 0.15) is 11.1 Å². The molecule has 2 heterocycles. The number of rotatable bonds is 6. The van der Waals surface area contributed by atoms with Crippen LogP contribution in [-0.2, 0) is 16.1 Å². The molecule has 3 aromatic rings. The predicted octanol–water partition coefficient (Wildman–Crippen LogP) is 0.357. The minimum Gasteiger partial charge on any atom is -0.383 e. The van der Waals surface area contributed by atoms with Crippen LogP contribution in [0.25, 0.3) is 16.9 Å². The average molecular weight is 356 g/mol. The van der Waals surface area contributed by atoms with Gasteiger partial charge in [0.05, 0.1) is 12.3 Å². The molecule has 0 spiro atoms. The number of hydrogen-bond acceptors (Lipinski definition) is 6. The van der Waals surface area contributed by atoms with Crippen LogP contribution in [0.3, 0.4) is 0 Å². The molecule has 0 saturated carbocycles. The van der Waals surface area contributed by atoms with Crippen molar-refractivity contribution in [3.8, 4) is 5.69 Å². The lowest BCUT2D eigenvalue weighted by atomic mass is 10.1. The van der Waals surface area contributed by atoms with Crippen molar-refractivity contribution in [1.29, 1.82) is 0 Å². The van der Waals surface area contributed by atoms with Crippen LogP contribution in [0.2, 0.25) is 0 Å². The van der Waals surface area contributed by atoms with Crippen molar-refractivity contribution in [1.82, 2.24) is 29.9 Å². The highest BCUT2D eigenvalue weighted by Crippen LogP contribution is 2.15. The molecule has 0 aliphatic carbocycles. The summed E-state index contributed by atoms with van der Waals surface area (Å²) in [7, 11) is 1.55. The van der Waals surface area contributed by atoms with Gasteiger partial charge in [-0.05, 0) is 37.1 Å². The van der Waals surface area contributed by atoms with Gasteiger partial charge in [0.15, 0.2) is 11.2 Å². The molecule has 3 rings (SSSR count). The minimum absolute atomic E-state index is 0.121. The van der Waals surface area contributed by atoms with Crippen LogP contribution in [0.5, 0.6) is 0 Å². The average Bonchev–Trinajstić information content (AvgIpc) is 3.05. The maximum absolute atomic E-state index is 12.6.